The summed E-state index contributed by atoms with van der Waals surface area (Å²) in [6, 6.07) is 20.1. The third-order valence-corrected chi connectivity index (χ3v) is 5.02. The van der Waals surface area contributed by atoms with Crippen molar-refractivity contribution in [2.45, 2.75) is 13.3 Å². The molecule has 0 spiro atoms. The van der Waals surface area contributed by atoms with Crippen molar-refractivity contribution in [3.8, 4) is 11.1 Å². The zero-order valence-electron chi connectivity index (χ0n) is 12.6. The molecule has 0 heterocycles. The Morgan fingerprint density at radius 2 is 1.55 bits per heavy atom. The highest BCUT2D eigenvalue weighted by Gasteiger charge is 2.23. The minimum atomic E-state index is 1.04. The fourth-order valence-corrected chi connectivity index (χ4v) is 4.00. The predicted molar refractivity (Wildman–Crippen MR) is 94.7 cm³/mol. The highest BCUT2D eigenvalue weighted by atomic mass is 14.3. The summed E-state index contributed by atoms with van der Waals surface area (Å²) in [5.41, 5.74) is 9.74. The Labute approximate surface area is 130 Å². The molecule has 2 aliphatic carbocycles. The summed E-state index contributed by atoms with van der Waals surface area (Å²) in [6.07, 6.45) is 5.63. The van der Waals surface area contributed by atoms with E-state index in [9.17, 15) is 0 Å². The van der Waals surface area contributed by atoms with Crippen LogP contribution in [0, 0.1) is 6.92 Å². The van der Waals surface area contributed by atoms with Crippen LogP contribution >= 0.6 is 0 Å². The molecule has 0 saturated carbocycles. The standard InChI is InChI=1S/C22H16/c1-14-12-13-21-18-7-3-2-6-16(18)17-9-5-10-19(17)20-11-4-8-15(14)22(20)21/h2-8,10-13H,9H2,1H3. The SMILES string of the molecule is Cc1ccc2c3c(cccc13)C1=C(CC=C1)c1ccccc1-2. The lowest BCUT2D eigenvalue weighted by Crippen LogP contribution is -1.89. The summed E-state index contributed by atoms with van der Waals surface area (Å²) in [6.45, 7) is 2.21. The zero-order valence-corrected chi connectivity index (χ0v) is 12.6. The first-order chi connectivity index (χ1) is 10.8. The highest BCUT2D eigenvalue weighted by Crippen LogP contribution is 2.47. The van der Waals surface area contributed by atoms with Crippen molar-refractivity contribution in [1.82, 2.24) is 0 Å². The molecule has 0 bridgehead atoms. The number of hydrogen-bond acceptors (Lipinski definition) is 0. The normalized spacial score (nSPS) is 15.0. The van der Waals surface area contributed by atoms with E-state index in [1.54, 1.807) is 0 Å². The predicted octanol–water partition coefficient (Wildman–Crippen LogP) is 6.00. The van der Waals surface area contributed by atoms with Crippen LogP contribution in [-0.2, 0) is 0 Å². The maximum Gasteiger partial charge on any atom is -0.00238 e. The molecule has 22 heavy (non-hydrogen) atoms. The van der Waals surface area contributed by atoms with Crippen LogP contribution in [0.4, 0.5) is 0 Å². The molecule has 0 radical (unpaired) electrons. The first-order valence-electron chi connectivity index (χ1n) is 7.87. The van der Waals surface area contributed by atoms with E-state index in [1.807, 2.05) is 0 Å². The number of benzene rings is 3. The Kier molecular flexibility index (Phi) is 2.29. The molecule has 0 saturated heterocycles. The lowest BCUT2D eigenvalue weighted by Gasteiger charge is -2.13. The minimum absolute atomic E-state index is 1.04. The Balaban J connectivity index is 2.07. The molecular formula is C22H16. The quantitative estimate of drug-likeness (QED) is 0.474. The largest absolute Gasteiger partial charge is 0.0795 e. The van der Waals surface area contributed by atoms with Gasteiger partial charge < -0.3 is 0 Å². The molecular weight excluding hydrogens is 264 g/mol. The van der Waals surface area contributed by atoms with Crippen LogP contribution in [0.1, 0.15) is 23.1 Å². The fraction of sp³-hybridized carbons (Fsp3) is 0.0909. The molecule has 0 fully saturated rings. The molecule has 0 heteroatoms. The summed E-state index contributed by atoms with van der Waals surface area (Å²) in [5, 5.41) is 2.78. The van der Waals surface area contributed by atoms with Crippen LogP contribution in [0.15, 0.2) is 66.7 Å². The molecule has 0 amide bonds. The van der Waals surface area contributed by atoms with Gasteiger partial charge >= 0.3 is 0 Å². The third kappa shape index (κ3) is 1.42. The molecule has 0 nitrogen and oxygen atoms in total. The third-order valence-electron chi connectivity index (χ3n) is 5.02. The van der Waals surface area contributed by atoms with Crippen LogP contribution < -0.4 is 0 Å². The van der Waals surface area contributed by atoms with E-state index in [1.165, 1.54) is 49.7 Å². The maximum absolute atomic E-state index is 2.30. The number of allylic oxidation sites excluding steroid dienone is 4. The average molecular weight is 280 g/mol. The molecule has 0 aromatic heterocycles. The topological polar surface area (TPSA) is 0 Å². The van der Waals surface area contributed by atoms with Crippen molar-refractivity contribution in [3.05, 3.63) is 83.4 Å². The van der Waals surface area contributed by atoms with E-state index in [-0.39, 0.29) is 0 Å². The van der Waals surface area contributed by atoms with Crippen molar-refractivity contribution in [3.63, 3.8) is 0 Å². The minimum Gasteiger partial charge on any atom is -0.0795 e. The molecule has 5 rings (SSSR count). The van der Waals surface area contributed by atoms with E-state index in [2.05, 4.69) is 73.7 Å². The maximum atomic E-state index is 2.30. The Morgan fingerprint density at radius 1 is 0.727 bits per heavy atom. The second kappa shape index (κ2) is 4.20. The van der Waals surface area contributed by atoms with Gasteiger partial charge in [0.2, 0.25) is 0 Å². The van der Waals surface area contributed by atoms with E-state index in [0.717, 1.165) is 6.42 Å². The van der Waals surface area contributed by atoms with Gasteiger partial charge in [-0.3, -0.25) is 0 Å². The summed E-state index contributed by atoms with van der Waals surface area (Å²) in [4.78, 5) is 0. The van der Waals surface area contributed by atoms with Gasteiger partial charge in [0.25, 0.3) is 0 Å². The van der Waals surface area contributed by atoms with Crippen LogP contribution in [0.5, 0.6) is 0 Å². The van der Waals surface area contributed by atoms with Crippen LogP contribution in [-0.4, -0.2) is 0 Å². The van der Waals surface area contributed by atoms with Crippen molar-refractivity contribution >= 4 is 21.9 Å². The summed E-state index contributed by atoms with van der Waals surface area (Å²) < 4.78 is 0. The van der Waals surface area contributed by atoms with Crippen LogP contribution in [0.3, 0.4) is 0 Å². The molecule has 0 N–H and O–H groups in total. The van der Waals surface area contributed by atoms with Crippen molar-refractivity contribution in [1.29, 1.82) is 0 Å². The van der Waals surface area contributed by atoms with Gasteiger partial charge in [-0.15, -0.1) is 0 Å². The molecule has 2 aliphatic rings. The van der Waals surface area contributed by atoms with Crippen LogP contribution in [0.2, 0.25) is 0 Å². The fourth-order valence-electron chi connectivity index (χ4n) is 4.00. The van der Waals surface area contributed by atoms with Gasteiger partial charge in [0, 0.05) is 0 Å². The van der Waals surface area contributed by atoms with Crippen molar-refractivity contribution < 1.29 is 0 Å². The molecule has 3 aromatic carbocycles. The molecule has 0 unspecified atom stereocenters. The molecule has 104 valence electrons. The van der Waals surface area contributed by atoms with Gasteiger partial charge in [-0.25, -0.2) is 0 Å². The van der Waals surface area contributed by atoms with Crippen LogP contribution in [0.25, 0.3) is 33.0 Å². The monoisotopic (exact) mass is 280 g/mol. The Bertz CT molecular complexity index is 1000. The van der Waals surface area contributed by atoms with Gasteiger partial charge in [0.15, 0.2) is 0 Å². The number of hydrogen-bond donors (Lipinski definition) is 0. The first kappa shape index (κ1) is 12.0. The van der Waals surface area contributed by atoms with E-state index < -0.39 is 0 Å². The molecule has 3 aromatic rings. The van der Waals surface area contributed by atoms with Crippen molar-refractivity contribution in [2.24, 2.45) is 0 Å². The average Bonchev–Trinajstić information content (AvgIpc) is 3.01. The lowest BCUT2D eigenvalue weighted by atomic mass is 9.91. The van der Waals surface area contributed by atoms with Gasteiger partial charge in [0.05, 0.1) is 0 Å². The van der Waals surface area contributed by atoms with E-state index in [4.69, 9.17) is 0 Å². The van der Waals surface area contributed by atoms with Crippen molar-refractivity contribution in [2.75, 3.05) is 0 Å². The molecule has 0 atom stereocenters. The van der Waals surface area contributed by atoms with Gasteiger partial charge in [0.1, 0.15) is 0 Å². The van der Waals surface area contributed by atoms with Gasteiger partial charge in [-0.1, -0.05) is 66.7 Å². The number of aryl methyl sites for hydroxylation is 1. The Hall–Kier alpha value is -2.60. The first-order valence-corrected chi connectivity index (χ1v) is 7.87. The second-order valence-electron chi connectivity index (χ2n) is 6.20. The summed E-state index contributed by atoms with van der Waals surface area (Å²) in [7, 11) is 0. The smallest absolute Gasteiger partial charge is 0.00238 e. The molecule has 0 aliphatic heterocycles. The number of rotatable bonds is 0. The van der Waals surface area contributed by atoms with E-state index in [0.29, 0.717) is 0 Å². The lowest BCUT2D eigenvalue weighted by molar-refractivity contribution is 1.43. The summed E-state index contributed by atoms with van der Waals surface area (Å²) >= 11 is 0. The number of fused-ring (bicyclic) bond motifs is 4. The Morgan fingerprint density at radius 3 is 2.45 bits per heavy atom. The van der Waals surface area contributed by atoms with Gasteiger partial charge in [-0.05, 0) is 63.1 Å². The van der Waals surface area contributed by atoms with E-state index >= 15 is 0 Å². The summed E-state index contributed by atoms with van der Waals surface area (Å²) in [5.74, 6) is 0. The highest BCUT2D eigenvalue weighted by molar-refractivity contribution is 6.15. The zero-order chi connectivity index (χ0) is 14.7. The van der Waals surface area contributed by atoms with Gasteiger partial charge in [-0.2, -0.15) is 0 Å². The second-order valence-corrected chi connectivity index (χ2v) is 6.20.